The summed E-state index contributed by atoms with van der Waals surface area (Å²) in [6.07, 6.45) is 8.26. The number of benzene rings is 4. The van der Waals surface area contributed by atoms with Crippen LogP contribution in [-0.2, 0) is 19.3 Å². The van der Waals surface area contributed by atoms with E-state index in [1.165, 1.54) is 71.0 Å². The van der Waals surface area contributed by atoms with E-state index >= 15 is 0 Å². The fraction of sp³-hybridized carbons (Fsp3) is 0.273. The SMILES string of the molecule is CCCCc1c(CCCC)c(-c2ccccc2)c(-c2ccccc2)c2c1-c1ccccc1C2. The fourth-order valence-electron chi connectivity index (χ4n) is 5.63. The number of hydrogen-bond acceptors (Lipinski definition) is 0. The molecule has 1 aliphatic rings. The van der Waals surface area contributed by atoms with E-state index in [-0.39, 0.29) is 0 Å². The molecule has 0 atom stereocenters. The molecule has 33 heavy (non-hydrogen) atoms. The van der Waals surface area contributed by atoms with Gasteiger partial charge in [-0.1, -0.05) is 112 Å². The van der Waals surface area contributed by atoms with Crippen molar-refractivity contribution in [2.45, 2.75) is 58.8 Å². The van der Waals surface area contributed by atoms with E-state index < -0.39 is 0 Å². The summed E-state index contributed by atoms with van der Waals surface area (Å²) in [5.41, 5.74) is 14.9. The molecule has 0 heterocycles. The van der Waals surface area contributed by atoms with Crippen molar-refractivity contribution in [2.24, 2.45) is 0 Å². The second-order valence-electron chi connectivity index (χ2n) is 9.33. The number of fused-ring (bicyclic) bond motifs is 3. The Bertz CT molecular complexity index is 1230. The lowest BCUT2D eigenvalue weighted by atomic mass is 9.78. The maximum Gasteiger partial charge on any atom is -0.000695 e. The van der Waals surface area contributed by atoms with Gasteiger partial charge in [0.25, 0.3) is 0 Å². The van der Waals surface area contributed by atoms with Crippen LogP contribution in [0.1, 0.15) is 61.8 Å². The van der Waals surface area contributed by atoms with Crippen molar-refractivity contribution in [1.29, 1.82) is 0 Å². The highest BCUT2D eigenvalue weighted by atomic mass is 14.3. The molecular formula is C33H34. The highest BCUT2D eigenvalue weighted by molar-refractivity contribution is 5.97. The first-order valence-corrected chi connectivity index (χ1v) is 12.7. The molecule has 0 bridgehead atoms. The molecule has 0 N–H and O–H groups in total. The van der Waals surface area contributed by atoms with Crippen molar-refractivity contribution in [2.75, 3.05) is 0 Å². The van der Waals surface area contributed by atoms with Crippen LogP contribution in [0.25, 0.3) is 33.4 Å². The molecule has 0 aromatic heterocycles. The van der Waals surface area contributed by atoms with Crippen molar-refractivity contribution in [3.8, 4) is 33.4 Å². The van der Waals surface area contributed by atoms with E-state index in [1.807, 2.05) is 0 Å². The molecule has 0 radical (unpaired) electrons. The Kier molecular flexibility index (Phi) is 6.44. The van der Waals surface area contributed by atoms with Crippen LogP contribution in [0.3, 0.4) is 0 Å². The first kappa shape index (κ1) is 21.7. The van der Waals surface area contributed by atoms with Gasteiger partial charge in [-0.05, 0) is 87.7 Å². The van der Waals surface area contributed by atoms with Crippen LogP contribution < -0.4 is 0 Å². The van der Waals surface area contributed by atoms with Gasteiger partial charge in [0, 0.05) is 0 Å². The molecule has 0 aliphatic heterocycles. The van der Waals surface area contributed by atoms with Crippen molar-refractivity contribution < 1.29 is 0 Å². The lowest BCUT2D eigenvalue weighted by Gasteiger charge is -2.25. The Balaban J connectivity index is 1.91. The molecule has 5 rings (SSSR count). The molecule has 1 aliphatic carbocycles. The number of rotatable bonds is 8. The summed E-state index contributed by atoms with van der Waals surface area (Å²) in [4.78, 5) is 0. The average molecular weight is 431 g/mol. The minimum absolute atomic E-state index is 1.03. The predicted molar refractivity (Wildman–Crippen MR) is 143 cm³/mol. The lowest BCUT2D eigenvalue weighted by molar-refractivity contribution is 0.760. The summed E-state index contributed by atoms with van der Waals surface area (Å²) in [7, 11) is 0. The van der Waals surface area contributed by atoms with Crippen molar-refractivity contribution in [3.63, 3.8) is 0 Å². The smallest absolute Gasteiger partial charge is 0.000695 e. The summed E-state index contributed by atoms with van der Waals surface area (Å²) in [5, 5.41) is 0. The minimum Gasteiger partial charge on any atom is -0.0654 e. The zero-order chi connectivity index (χ0) is 22.6. The van der Waals surface area contributed by atoms with Crippen LogP contribution in [-0.4, -0.2) is 0 Å². The molecule has 0 saturated heterocycles. The van der Waals surface area contributed by atoms with Crippen LogP contribution >= 0.6 is 0 Å². The van der Waals surface area contributed by atoms with Crippen LogP contribution in [0.5, 0.6) is 0 Å². The molecule has 0 spiro atoms. The third-order valence-electron chi connectivity index (χ3n) is 7.16. The maximum atomic E-state index is 2.36. The normalized spacial score (nSPS) is 11.9. The summed E-state index contributed by atoms with van der Waals surface area (Å²) >= 11 is 0. The Morgan fingerprint density at radius 2 is 1.06 bits per heavy atom. The topological polar surface area (TPSA) is 0 Å². The molecule has 0 unspecified atom stereocenters. The van der Waals surface area contributed by atoms with Crippen LogP contribution in [0, 0.1) is 0 Å². The zero-order valence-electron chi connectivity index (χ0n) is 20.0. The van der Waals surface area contributed by atoms with Gasteiger partial charge in [0.15, 0.2) is 0 Å². The van der Waals surface area contributed by atoms with E-state index in [4.69, 9.17) is 0 Å². The van der Waals surface area contributed by atoms with E-state index in [0.717, 1.165) is 12.8 Å². The largest absolute Gasteiger partial charge is 0.0654 e. The van der Waals surface area contributed by atoms with Crippen LogP contribution in [0.2, 0.25) is 0 Å². The van der Waals surface area contributed by atoms with Crippen molar-refractivity contribution in [1.82, 2.24) is 0 Å². The van der Waals surface area contributed by atoms with Crippen molar-refractivity contribution in [3.05, 3.63) is 107 Å². The van der Waals surface area contributed by atoms with Gasteiger partial charge in [0.2, 0.25) is 0 Å². The molecule has 4 aromatic rings. The minimum atomic E-state index is 1.03. The first-order valence-electron chi connectivity index (χ1n) is 12.7. The number of hydrogen-bond donors (Lipinski definition) is 0. The van der Waals surface area contributed by atoms with Crippen LogP contribution in [0.15, 0.2) is 84.9 Å². The second kappa shape index (κ2) is 9.79. The Hall–Kier alpha value is -3.12. The Labute approximate surface area is 199 Å². The predicted octanol–water partition coefficient (Wildman–Crippen LogP) is 9.28. The summed E-state index contributed by atoms with van der Waals surface area (Å²) in [5.74, 6) is 0. The van der Waals surface area contributed by atoms with Gasteiger partial charge in [0.1, 0.15) is 0 Å². The van der Waals surface area contributed by atoms with E-state index in [1.54, 1.807) is 16.7 Å². The van der Waals surface area contributed by atoms with E-state index in [0.29, 0.717) is 0 Å². The molecule has 0 nitrogen and oxygen atoms in total. The van der Waals surface area contributed by atoms with Gasteiger partial charge in [-0.15, -0.1) is 0 Å². The third-order valence-corrected chi connectivity index (χ3v) is 7.16. The highest BCUT2D eigenvalue weighted by Gasteiger charge is 2.30. The maximum absolute atomic E-state index is 2.36. The fourth-order valence-corrected chi connectivity index (χ4v) is 5.63. The quantitative estimate of drug-likeness (QED) is 0.230. The first-order chi connectivity index (χ1) is 16.3. The van der Waals surface area contributed by atoms with Gasteiger partial charge < -0.3 is 0 Å². The summed E-state index contributed by atoms with van der Waals surface area (Å²) in [6, 6.07) is 31.4. The standard InChI is InChI=1S/C33H34/c1-3-5-20-28-29(21-6-4-2)33-27-22-14-13-19-26(27)23-30(33)32(25-17-11-8-12-18-25)31(28)24-15-9-7-10-16-24/h7-19,22H,3-6,20-21,23H2,1-2H3. The summed E-state index contributed by atoms with van der Waals surface area (Å²) < 4.78 is 0. The second-order valence-corrected chi connectivity index (χ2v) is 9.33. The molecule has 0 heteroatoms. The van der Waals surface area contributed by atoms with Gasteiger partial charge in [-0.2, -0.15) is 0 Å². The molecule has 166 valence electrons. The molecule has 0 fully saturated rings. The van der Waals surface area contributed by atoms with Crippen molar-refractivity contribution >= 4 is 0 Å². The van der Waals surface area contributed by atoms with Gasteiger partial charge >= 0.3 is 0 Å². The van der Waals surface area contributed by atoms with E-state index in [9.17, 15) is 0 Å². The van der Waals surface area contributed by atoms with E-state index in [2.05, 4.69) is 98.8 Å². The van der Waals surface area contributed by atoms with Gasteiger partial charge in [-0.3, -0.25) is 0 Å². The number of unbranched alkanes of at least 4 members (excludes halogenated alkanes) is 2. The van der Waals surface area contributed by atoms with Crippen LogP contribution in [0.4, 0.5) is 0 Å². The molecule has 0 saturated carbocycles. The highest BCUT2D eigenvalue weighted by Crippen LogP contribution is 2.50. The third kappa shape index (κ3) is 4.04. The lowest BCUT2D eigenvalue weighted by Crippen LogP contribution is -2.06. The van der Waals surface area contributed by atoms with Gasteiger partial charge in [-0.25, -0.2) is 0 Å². The molecule has 4 aromatic carbocycles. The summed E-state index contributed by atoms with van der Waals surface area (Å²) in [6.45, 7) is 4.63. The zero-order valence-corrected chi connectivity index (χ0v) is 20.0. The molecule has 0 amide bonds. The van der Waals surface area contributed by atoms with Gasteiger partial charge in [0.05, 0.1) is 0 Å². The average Bonchev–Trinajstić information content (AvgIpc) is 3.26. The monoisotopic (exact) mass is 430 g/mol. The molecular weight excluding hydrogens is 396 g/mol. The Morgan fingerprint density at radius 1 is 0.545 bits per heavy atom. The Morgan fingerprint density at radius 3 is 1.67 bits per heavy atom.